The smallest absolute Gasteiger partial charge is 0.0162 e. The molecule has 3 rings (SSSR count). The van der Waals surface area contributed by atoms with E-state index in [-0.39, 0.29) is 60.0 Å². The Balaban J connectivity index is -0.000000142. The van der Waals surface area contributed by atoms with Gasteiger partial charge in [0, 0.05) is 36.4 Å². The fraction of sp³-hybridized carbons (Fsp3) is 0.444. The van der Waals surface area contributed by atoms with Crippen LogP contribution in [0.4, 0.5) is 5.69 Å². The van der Waals surface area contributed by atoms with Gasteiger partial charge in [-0.05, 0) is 39.6 Å². The fourth-order valence-electron chi connectivity index (χ4n) is 2.69. The number of aliphatic hydroxyl groups is 2. The number of aromatic nitrogens is 1. The summed E-state index contributed by atoms with van der Waals surface area (Å²) in [4.78, 5) is 6.53. The van der Waals surface area contributed by atoms with E-state index in [2.05, 4.69) is 72.0 Å². The van der Waals surface area contributed by atoms with Gasteiger partial charge in [0.2, 0.25) is 0 Å². The molecule has 0 aliphatic rings. The van der Waals surface area contributed by atoms with Crippen LogP contribution in [0.1, 0.15) is 21.3 Å². The summed E-state index contributed by atoms with van der Waals surface area (Å²) in [5, 5.41) is 39.1. The molecule has 0 saturated heterocycles. The van der Waals surface area contributed by atoms with Crippen LogP contribution in [-0.2, 0) is 37.5 Å². The third-order valence-corrected chi connectivity index (χ3v) is 26.4. The molecule has 0 aliphatic heterocycles. The number of halogens is 3. The Bertz CT molecular complexity index is 1160. The van der Waals surface area contributed by atoms with Gasteiger partial charge < -0.3 is 48.8 Å². The molecule has 0 saturated carbocycles. The minimum atomic E-state index is -0.731. The SMILES string of the molecule is C.CC#N.CC(=[N-])N(C)CCNc1c2ccccc2nc2ccccc12.Cl.PP(P)P(P)P.[Cl][Pt].[Cl][Pt].[NH-]CC(O)C[NH-].[NH-]CC(O)C[NH-]. The molecule has 7 N–H and O–H groups in total. The summed E-state index contributed by atoms with van der Waals surface area (Å²) in [6, 6.07) is 18.1. The maximum Gasteiger partial charge on any atom is 0.0162 e. The molecular formula is C27H51Cl3N9O2P6Pt2-5. The van der Waals surface area contributed by atoms with E-state index in [0.29, 0.717) is 5.84 Å². The van der Waals surface area contributed by atoms with Crippen molar-refractivity contribution in [1.82, 2.24) is 9.88 Å². The molecule has 4 atom stereocenters. The number of likely N-dealkylation sites (N-methyl/N-ethyl adjacent to an activating group) is 1. The Kier molecular flexibility index (Phi) is 55.9. The number of nitrogens with one attached hydrogen (secondary N) is 5. The predicted octanol–water partition coefficient (Wildman–Crippen LogP) is 10.6. The molecule has 292 valence electrons. The fourth-order valence-corrected chi connectivity index (χ4v) is 2.69. The van der Waals surface area contributed by atoms with E-state index < -0.39 is 12.2 Å². The number of amidine groups is 1. The van der Waals surface area contributed by atoms with Gasteiger partial charge in [0.15, 0.2) is 0 Å². The molecule has 2 aromatic carbocycles. The first-order valence-electron chi connectivity index (χ1n) is 13.2. The van der Waals surface area contributed by atoms with Crippen LogP contribution in [0.15, 0.2) is 48.5 Å². The van der Waals surface area contributed by atoms with Gasteiger partial charge in [-0.3, -0.25) is 0 Å². The summed E-state index contributed by atoms with van der Waals surface area (Å²) < 4.78 is 0. The standard InChI is InChI=1S/C18H19N4.2C3H8N2O.C2H3N.CH4.3ClH.H8P6.2Pt/c1-13(19)22(2)12-11-20-18-14-7-3-5-9-16(14)21-17-10-6-4-8-15(17)18;2*4-1-3(6)2-5;1-2-3;;;;;1-5(2)6(3)4;;/h3-10H,11-12H2,1-2H3,(H,20,21);2*3-6H,1-2H2;1H3;1H4;3*1H;1-4H2;;/q-1;2*-2;;;;;;;2*+1/p-2. The minimum absolute atomic E-state index is 0. The number of anilines is 1. The van der Waals surface area contributed by atoms with Crippen molar-refractivity contribution in [3.05, 3.63) is 76.9 Å². The first-order chi connectivity index (χ1) is 22.3. The first-order valence-corrected chi connectivity index (χ1v) is 28.7. The predicted molar refractivity (Wildman–Crippen MR) is 233 cm³/mol. The summed E-state index contributed by atoms with van der Waals surface area (Å²) in [6.07, 6.45) is -1.46. The van der Waals surface area contributed by atoms with Crippen LogP contribution in [0.25, 0.3) is 50.1 Å². The topological polar surface area (TPSA) is 210 Å². The zero-order chi connectivity index (χ0) is 37.4. The van der Waals surface area contributed by atoms with Crippen molar-refractivity contribution in [2.75, 3.05) is 51.6 Å². The second-order valence-corrected chi connectivity index (χ2v) is 28.3. The van der Waals surface area contributed by atoms with Crippen molar-refractivity contribution in [1.29, 1.82) is 5.26 Å². The third-order valence-electron chi connectivity index (χ3n) is 5.10. The number of hydrogen-bond acceptors (Lipinski definition) is 5. The summed E-state index contributed by atoms with van der Waals surface area (Å²) in [7, 11) is 22.2. The van der Waals surface area contributed by atoms with Crippen LogP contribution in [0.5, 0.6) is 0 Å². The Labute approximate surface area is 342 Å². The number of aliphatic hydroxyl groups excluding tert-OH is 2. The molecule has 0 aliphatic carbocycles. The normalized spacial score (nSPS) is 9.10. The summed E-state index contributed by atoms with van der Waals surface area (Å²) >= 11 is 3.22. The van der Waals surface area contributed by atoms with Crippen molar-refractivity contribution in [3.8, 4) is 6.07 Å². The van der Waals surface area contributed by atoms with Gasteiger partial charge in [-0.2, -0.15) is 5.26 Å². The van der Waals surface area contributed by atoms with Gasteiger partial charge in [0.25, 0.3) is 0 Å². The zero-order valence-electron chi connectivity index (χ0n) is 26.7. The molecular weight excluding hydrogens is 1160 g/mol. The third kappa shape index (κ3) is 33.7. The van der Waals surface area contributed by atoms with E-state index in [1.165, 1.54) is 6.92 Å². The Morgan fingerprint density at radius 1 is 0.898 bits per heavy atom. The molecule has 0 fully saturated rings. The van der Waals surface area contributed by atoms with Gasteiger partial charge in [-0.1, -0.05) is 56.7 Å². The largest absolute Gasteiger partial charge is 0.675 e. The van der Waals surface area contributed by atoms with E-state index >= 15 is 0 Å². The van der Waals surface area contributed by atoms with E-state index in [4.69, 9.17) is 43.4 Å². The molecule has 11 nitrogen and oxygen atoms in total. The monoisotopic (exact) mass is 1210 g/mol. The summed E-state index contributed by atoms with van der Waals surface area (Å²) in [5.41, 5.74) is 28.8. The van der Waals surface area contributed by atoms with Crippen LogP contribution >= 0.6 is 80.9 Å². The maximum absolute atomic E-state index is 9.47. The number of nitriles is 1. The Morgan fingerprint density at radius 2 is 1.20 bits per heavy atom. The van der Waals surface area contributed by atoms with Crippen molar-refractivity contribution < 1.29 is 47.8 Å². The number of benzene rings is 2. The molecule has 1 heterocycles. The summed E-state index contributed by atoms with van der Waals surface area (Å²) in [6.45, 7) is 4.72. The van der Waals surface area contributed by atoms with E-state index in [1.807, 2.05) is 48.3 Å². The van der Waals surface area contributed by atoms with Crippen LogP contribution in [0.3, 0.4) is 0 Å². The molecule has 22 heteroatoms. The molecule has 1 aromatic heterocycles. The van der Waals surface area contributed by atoms with Crippen molar-refractivity contribution in [2.24, 2.45) is 0 Å². The second-order valence-electron chi connectivity index (χ2n) is 8.52. The molecule has 0 spiro atoms. The van der Waals surface area contributed by atoms with Gasteiger partial charge in [-0.15, -0.1) is 74.3 Å². The first kappa shape index (κ1) is 62.4. The molecule has 3 aromatic rings. The minimum Gasteiger partial charge on any atom is -0.675 e. The average Bonchev–Trinajstić information content (AvgIpc) is 3.09. The zero-order valence-corrected chi connectivity index (χ0v) is 40.0. The number of pyridine rings is 1. The van der Waals surface area contributed by atoms with E-state index in [0.717, 1.165) is 40.6 Å². The van der Waals surface area contributed by atoms with Gasteiger partial charge in [0.05, 0.1) is 22.8 Å². The number of para-hydroxylation sites is 2. The molecule has 0 radical (unpaired) electrons. The van der Waals surface area contributed by atoms with Crippen molar-refractivity contribution in [3.63, 3.8) is 0 Å². The molecule has 4 unspecified atom stereocenters. The van der Waals surface area contributed by atoms with Gasteiger partial charge in [-0.25, -0.2) is 4.98 Å². The van der Waals surface area contributed by atoms with Crippen LogP contribution in [0.2, 0.25) is 0 Å². The average molecular weight is 1220 g/mol. The molecule has 0 bridgehead atoms. The molecule has 49 heavy (non-hydrogen) atoms. The number of nitrogens with zero attached hydrogens (tertiary/aromatic N) is 4. The van der Waals surface area contributed by atoms with Crippen molar-refractivity contribution in [2.45, 2.75) is 33.5 Å². The van der Waals surface area contributed by atoms with Crippen LogP contribution in [0, 0.1) is 11.3 Å². The molecule has 0 amide bonds. The van der Waals surface area contributed by atoms with Gasteiger partial charge >= 0.3 is 56.4 Å². The number of fused-ring (bicyclic) bond motifs is 2. The quantitative estimate of drug-likeness (QED) is 0.0821. The maximum atomic E-state index is 9.47. The summed E-state index contributed by atoms with van der Waals surface area (Å²) in [5.74, 6) is 0.325. The van der Waals surface area contributed by atoms with Gasteiger partial charge in [0.1, 0.15) is 0 Å². The van der Waals surface area contributed by atoms with E-state index in [1.54, 1.807) is 50.5 Å². The second kappa shape index (κ2) is 43.9. The van der Waals surface area contributed by atoms with E-state index in [9.17, 15) is 5.41 Å². The number of rotatable bonds is 9. The van der Waals surface area contributed by atoms with Crippen LogP contribution < -0.4 is 5.32 Å². The van der Waals surface area contributed by atoms with Crippen molar-refractivity contribution >= 4 is 114 Å². The van der Waals surface area contributed by atoms with Crippen LogP contribution in [-0.4, -0.2) is 84.5 Å². The Morgan fingerprint density at radius 3 is 1.45 bits per heavy atom. The Hall–Kier alpha value is 1.46. The number of hydrogen-bond donors (Lipinski definition) is 3.